The van der Waals surface area contributed by atoms with Gasteiger partial charge in [-0.15, -0.1) is 0 Å². The van der Waals surface area contributed by atoms with Crippen molar-refractivity contribution >= 4 is 17.6 Å². The second kappa shape index (κ2) is 6.61. The van der Waals surface area contributed by atoms with E-state index in [4.69, 9.17) is 0 Å². The molecule has 0 atom stereocenters. The van der Waals surface area contributed by atoms with Gasteiger partial charge in [-0.3, -0.25) is 9.69 Å². The zero-order chi connectivity index (χ0) is 15.4. The van der Waals surface area contributed by atoms with E-state index < -0.39 is 0 Å². The Morgan fingerprint density at radius 1 is 1.24 bits per heavy atom. The summed E-state index contributed by atoms with van der Waals surface area (Å²) >= 11 is 0. The topological polar surface area (TPSA) is 52.6 Å². The minimum Gasteiger partial charge on any atom is -0.354 e. The summed E-state index contributed by atoms with van der Waals surface area (Å²) in [5.41, 5.74) is 2.05. The highest BCUT2D eigenvalue weighted by Gasteiger charge is 2.30. The lowest BCUT2D eigenvalue weighted by Crippen LogP contribution is -2.40. The van der Waals surface area contributed by atoms with Gasteiger partial charge < -0.3 is 10.2 Å². The van der Waals surface area contributed by atoms with Gasteiger partial charge in [-0.1, -0.05) is 31.5 Å². The predicted octanol–water partition coefficient (Wildman–Crippen LogP) is 2.01. The maximum absolute atomic E-state index is 12.3. The zero-order valence-corrected chi connectivity index (χ0v) is 12.9. The summed E-state index contributed by atoms with van der Waals surface area (Å²) < 4.78 is 0. The van der Waals surface area contributed by atoms with Crippen molar-refractivity contribution in [2.45, 2.75) is 20.8 Å². The predicted molar refractivity (Wildman–Crippen MR) is 83.3 cm³/mol. The third-order valence-electron chi connectivity index (χ3n) is 3.48. The number of nitrogens with one attached hydrogen (secondary N) is 1. The molecule has 2 rings (SSSR count). The van der Waals surface area contributed by atoms with Gasteiger partial charge in [0.05, 0.1) is 0 Å². The van der Waals surface area contributed by atoms with E-state index >= 15 is 0 Å². The number of carbonyl (C=O) groups is 2. The molecule has 0 spiro atoms. The van der Waals surface area contributed by atoms with Gasteiger partial charge in [-0.2, -0.15) is 0 Å². The number of rotatable bonds is 5. The number of nitrogens with zero attached hydrogens (tertiary/aromatic N) is 2. The van der Waals surface area contributed by atoms with Crippen molar-refractivity contribution < 1.29 is 9.59 Å². The third kappa shape index (κ3) is 3.97. The van der Waals surface area contributed by atoms with Crippen LogP contribution in [0.2, 0.25) is 0 Å². The van der Waals surface area contributed by atoms with Crippen LogP contribution in [0.15, 0.2) is 24.3 Å². The fraction of sp³-hybridized carbons (Fsp3) is 0.500. The molecule has 0 radical (unpaired) electrons. The zero-order valence-electron chi connectivity index (χ0n) is 12.9. The lowest BCUT2D eigenvalue weighted by molar-refractivity contribution is -0.121. The minimum atomic E-state index is -0.0986. The van der Waals surface area contributed by atoms with E-state index in [2.05, 4.69) is 5.32 Å². The summed E-state index contributed by atoms with van der Waals surface area (Å²) in [4.78, 5) is 27.5. The third-order valence-corrected chi connectivity index (χ3v) is 3.48. The van der Waals surface area contributed by atoms with Crippen molar-refractivity contribution in [1.29, 1.82) is 0 Å². The number of anilines is 1. The number of hydrogen-bond donors (Lipinski definition) is 1. The van der Waals surface area contributed by atoms with E-state index in [-0.39, 0.29) is 18.5 Å². The van der Waals surface area contributed by atoms with Crippen LogP contribution in [0.4, 0.5) is 10.5 Å². The van der Waals surface area contributed by atoms with Crippen molar-refractivity contribution in [2.75, 3.05) is 31.1 Å². The van der Waals surface area contributed by atoms with Gasteiger partial charge in [0.2, 0.25) is 5.91 Å². The second-order valence-electron chi connectivity index (χ2n) is 5.89. The Balaban J connectivity index is 1.92. The Morgan fingerprint density at radius 2 is 1.90 bits per heavy atom. The summed E-state index contributed by atoms with van der Waals surface area (Å²) in [5.74, 6) is 0.315. The number of amides is 3. The standard InChI is InChI=1S/C16H23N3O2/c1-12(2)10-17-15(20)11-18-8-9-19(16(18)21)14-6-4-13(3)5-7-14/h4-7,12H,8-11H2,1-3H3,(H,17,20). The monoisotopic (exact) mass is 289 g/mol. The molecule has 1 aliphatic rings. The Labute approximate surface area is 125 Å². The first kappa shape index (κ1) is 15.4. The first-order chi connectivity index (χ1) is 9.97. The molecule has 1 N–H and O–H groups in total. The molecular formula is C16H23N3O2. The van der Waals surface area contributed by atoms with Crippen LogP contribution in [-0.4, -0.2) is 43.0 Å². The Morgan fingerprint density at radius 3 is 2.52 bits per heavy atom. The van der Waals surface area contributed by atoms with Gasteiger partial charge in [0, 0.05) is 25.3 Å². The fourth-order valence-electron chi connectivity index (χ4n) is 2.24. The molecule has 1 saturated heterocycles. The van der Waals surface area contributed by atoms with Gasteiger partial charge in [0.25, 0.3) is 0 Å². The number of hydrogen-bond acceptors (Lipinski definition) is 2. The van der Waals surface area contributed by atoms with Gasteiger partial charge in [0.15, 0.2) is 0 Å². The van der Waals surface area contributed by atoms with Crippen molar-refractivity contribution in [2.24, 2.45) is 5.92 Å². The highest BCUT2D eigenvalue weighted by Crippen LogP contribution is 2.20. The first-order valence-corrected chi connectivity index (χ1v) is 7.37. The van der Waals surface area contributed by atoms with Crippen LogP contribution in [0.5, 0.6) is 0 Å². The van der Waals surface area contributed by atoms with Gasteiger partial charge in [-0.05, 0) is 25.0 Å². The SMILES string of the molecule is Cc1ccc(N2CCN(CC(=O)NCC(C)C)C2=O)cc1. The highest BCUT2D eigenvalue weighted by atomic mass is 16.2. The van der Waals surface area contributed by atoms with Crippen LogP contribution in [0.3, 0.4) is 0 Å². The number of aryl methyl sites for hydroxylation is 1. The van der Waals surface area contributed by atoms with Crippen LogP contribution in [0.25, 0.3) is 0 Å². The molecule has 0 aliphatic carbocycles. The number of urea groups is 1. The number of carbonyl (C=O) groups excluding carboxylic acids is 2. The number of benzene rings is 1. The average Bonchev–Trinajstić information content (AvgIpc) is 2.79. The van der Waals surface area contributed by atoms with Crippen LogP contribution < -0.4 is 10.2 Å². The quantitative estimate of drug-likeness (QED) is 0.901. The Bertz CT molecular complexity index is 511. The molecule has 1 aromatic carbocycles. The van der Waals surface area contributed by atoms with Gasteiger partial charge in [-0.25, -0.2) is 4.79 Å². The van der Waals surface area contributed by atoms with Crippen molar-refractivity contribution in [1.82, 2.24) is 10.2 Å². The van der Waals surface area contributed by atoms with Gasteiger partial charge in [0.1, 0.15) is 6.54 Å². The van der Waals surface area contributed by atoms with Crippen LogP contribution >= 0.6 is 0 Å². The van der Waals surface area contributed by atoms with E-state index in [0.29, 0.717) is 25.6 Å². The summed E-state index contributed by atoms with van der Waals surface area (Å²) in [6.45, 7) is 8.08. The van der Waals surface area contributed by atoms with Crippen molar-refractivity contribution in [3.8, 4) is 0 Å². The van der Waals surface area contributed by atoms with Crippen molar-refractivity contribution in [3.05, 3.63) is 29.8 Å². The normalized spacial score (nSPS) is 15.0. The molecule has 5 nitrogen and oxygen atoms in total. The van der Waals surface area contributed by atoms with Crippen molar-refractivity contribution in [3.63, 3.8) is 0 Å². The molecule has 0 bridgehead atoms. The lowest BCUT2D eigenvalue weighted by atomic mass is 10.2. The van der Waals surface area contributed by atoms with Crippen LogP contribution in [0.1, 0.15) is 19.4 Å². The molecule has 1 fully saturated rings. The smallest absolute Gasteiger partial charge is 0.325 e. The molecule has 1 aromatic rings. The molecule has 0 unspecified atom stereocenters. The highest BCUT2D eigenvalue weighted by molar-refractivity contribution is 5.96. The lowest BCUT2D eigenvalue weighted by Gasteiger charge is -2.19. The molecule has 0 saturated carbocycles. The molecule has 0 aromatic heterocycles. The molecule has 21 heavy (non-hydrogen) atoms. The summed E-state index contributed by atoms with van der Waals surface area (Å²) in [7, 11) is 0. The van der Waals surface area contributed by atoms with Crippen LogP contribution in [0, 0.1) is 12.8 Å². The summed E-state index contributed by atoms with van der Waals surface area (Å²) in [6.07, 6.45) is 0. The fourth-order valence-corrected chi connectivity index (χ4v) is 2.24. The minimum absolute atomic E-state index is 0.0946. The van der Waals surface area contributed by atoms with E-state index in [1.54, 1.807) is 9.80 Å². The van der Waals surface area contributed by atoms with E-state index in [9.17, 15) is 9.59 Å². The molecule has 1 heterocycles. The Kier molecular flexibility index (Phi) is 4.83. The maximum atomic E-state index is 12.3. The van der Waals surface area contributed by atoms with E-state index in [0.717, 1.165) is 11.3 Å². The Hall–Kier alpha value is -2.04. The van der Waals surface area contributed by atoms with E-state index in [1.165, 1.54) is 0 Å². The molecule has 114 valence electrons. The largest absolute Gasteiger partial charge is 0.354 e. The first-order valence-electron chi connectivity index (χ1n) is 7.37. The molecule has 1 aliphatic heterocycles. The summed E-state index contributed by atoms with van der Waals surface area (Å²) in [6, 6.07) is 7.75. The summed E-state index contributed by atoms with van der Waals surface area (Å²) in [5, 5.41) is 2.84. The van der Waals surface area contributed by atoms with Crippen LogP contribution in [-0.2, 0) is 4.79 Å². The maximum Gasteiger partial charge on any atom is 0.325 e. The van der Waals surface area contributed by atoms with E-state index in [1.807, 2.05) is 45.0 Å². The average molecular weight is 289 g/mol. The second-order valence-corrected chi connectivity index (χ2v) is 5.89. The van der Waals surface area contributed by atoms with Gasteiger partial charge >= 0.3 is 6.03 Å². The molecule has 3 amide bonds. The molecular weight excluding hydrogens is 266 g/mol. The molecule has 5 heteroatoms.